The van der Waals surface area contributed by atoms with Crippen LogP contribution in [-0.2, 0) is 17.8 Å². The number of fused-ring (bicyclic) bond motifs is 1. The van der Waals surface area contributed by atoms with Crippen molar-refractivity contribution in [3.63, 3.8) is 0 Å². The first-order chi connectivity index (χ1) is 11.2. The predicted octanol–water partition coefficient (Wildman–Crippen LogP) is 2.94. The Hall–Kier alpha value is -2.32. The van der Waals surface area contributed by atoms with Gasteiger partial charge in [0.2, 0.25) is 5.91 Å². The van der Waals surface area contributed by atoms with Crippen LogP contribution in [0.15, 0.2) is 41.4 Å². The minimum Gasteiger partial charge on any atom is -0.337 e. The lowest BCUT2D eigenvalue weighted by atomic mass is 10.00. The molecule has 0 aliphatic carbocycles. The molecule has 1 aromatic carbocycles. The minimum absolute atomic E-state index is 0.0942. The topological polar surface area (TPSA) is 57.0 Å². The van der Waals surface area contributed by atoms with E-state index >= 15 is 0 Å². The molecule has 1 aromatic heterocycles. The molecule has 0 bridgehead atoms. The highest BCUT2D eigenvalue weighted by atomic mass is 32.2. The molecule has 0 atom stereocenters. The van der Waals surface area contributed by atoms with Gasteiger partial charge in [0.05, 0.1) is 11.3 Å². The maximum Gasteiger partial charge on any atom is 0.233 e. The van der Waals surface area contributed by atoms with E-state index in [2.05, 4.69) is 23.2 Å². The summed E-state index contributed by atoms with van der Waals surface area (Å²) in [7, 11) is 0. The SMILES string of the molecule is Cc1ccc(C#N)c(SCC(=O)N2CCc3ccccc3C2)n1. The number of hydrogen-bond acceptors (Lipinski definition) is 4. The fourth-order valence-corrected chi connectivity index (χ4v) is 3.58. The van der Waals surface area contributed by atoms with Crippen LogP contribution in [-0.4, -0.2) is 28.1 Å². The fraction of sp³-hybridized carbons (Fsp3) is 0.278. The van der Waals surface area contributed by atoms with Crippen LogP contribution in [0.2, 0.25) is 0 Å². The maximum absolute atomic E-state index is 12.5. The zero-order valence-corrected chi connectivity index (χ0v) is 13.8. The minimum atomic E-state index is 0.0942. The Balaban J connectivity index is 1.65. The molecule has 1 aliphatic rings. The van der Waals surface area contributed by atoms with E-state index in [-0.39, 0.29) is 5.91 Å². The molecular weight excluding hydrogens is 306 g/mol. The van der Waals surface area contributed by atoms with Gasteiger partial charge in [0.1, 0.15) is 11.1 Å². The molecule has 2 heterocycles. The third-order valence-electron chi connectivity index (χ3n) is 3.94. The van der Waals surface area contributed by atoms with Gasteiger partial charge in [-0.2, -0.15) is 5.26 Å². The van der Waals surface area contributed by atoms with Crippen molar-refractivity contribution in [1.29, 1.82) is 5.26 Å². The van der Waals surface area contributed by atoms with E-state index in [1.807, 2.05) is 30.0 Å². The normalized spacial score (nSPS) is 13.3. The molecule has 0 radical (unpaired) electrons. The third-order valence-corrected chi connectivity index (χ3v) is 4.91. The summed E-state index contributed by atoms with van der Waals surface area (Å²) >= 11 is 1.34. The standard InChI is InChI=1S/C18H17N3OS/c1-13-6-7-15(10-19)18(20-13)23-12-17(22)21-9-8-14-4-2-3-5-16(14)11-21/h2-7H,8-9,11-12H2,1H3. The molecule has 5 heteroatoms. The van der Waals surface area contributed by atoms with Gasteiger partial charge in [-0.1, -0.05) is 36.0 Å². The zero-order chi connectivity index (χ0) is 16.2. The molecule has 0 fully saturated rings. The largest absolute Gasteiger partial charge is 0.337 e. The lowest BCUT2D eigenvalue weighted by Crippen LogP contribution is -2.37. The highest BCUT2D eigenvalue weighted by molar-refractivity contribution is 7.99. The molecule has 4 nitrogen and oxygen atoms in total. The van der Waals surface area contributed by atoms with E-state index < -0.39 is 0 Å². The Morgan fingerprint density at radius 3 is 2.87 bits per heavy atom. The van der Waals surface area contributed by atoms with E-state index in [1.165, 1.54) is 22.9 Å². The van der Waals surface area contributed by atoms with Crippen molar-refractivity contribution in [2.24, 2.45) is 0 Å². The average molecular weight is 323 g/mol. The smallest absolute Gasteiger partial charge is 0.233 e. The second kappa shape index (κ2) is 6.84. The molecule has 1 aliphatic heterocycles. The summed E-state index contributed by atoms with van der Waals surface area (Å²) in [5, 5.41) is 9.77. The van der Waals surface area contributed by atoms with Crippen molar-refractivity contribution >= 4 is 17.7 Å². The lowest BCUT2D eigenvalue weighted by Gasteiger charge is -2.28. The van der Waals surface area contributed by atoms with Crippen LogP contribution in [0.1, 0.15) is 22.4 Å². The Kier molecular flexibility index (Phi) is 4.63. The van der Waals surface area contributed by atoms with E-state index in [4.69, 9.17) is 5.26 Å². The van der Waals surface area contributed by atoms with E-state index in [0.29, 0.717) is 22.9 Å². The zero-order valence-electron chi connectivity index (χ0n) is 13.0. The van der Waals surface area contributed by atoms with Crippen molar-refractivity contribution in [2.75, 3.05) is 12.3 Å². The molecule has 1 amide bonds. The van der Waals surface area contributed by atoms with Crippen LogP contribution in [0.3, 0.4) is 0 Å². The van der Waals surface area contributed by atoms with E-state index in [0.717, 1.165) is 18.7 Å². The summed E-state index contributed by atoms with van der Waals surface area (Å²) in [4.78, 5) is 18.7. The number of thioether (sulfide) groups is 1. The van der Waals surface area contributed by atoms with Gasteiger partial charge in [0.25, 0.3) is 0 Å². The summed E-state index contributed by atoms with van der Waals surface area (Å²) in [6.07, 6.45) is 0.902. The Morgan fingerprint density at radius 1 is 1.30 bits per heavy atom. The number of hydrogen-bond donors (Lipinski definition) is 0. The van der Waals surface area contributed by atoms with Crippen LogP contribution in [0, 0.1) is 18.3 Å². The molecule has 0 saturated carbocycles. The summed E-state index contributed by atoms with van der Waals surface area (Å²) in [6.45, 7) is 3.30. The van der Waals surface area contributed by atoms with Gasteiger partial charge in [0.15, 0.2) is 0 Å². The van der Waals surface area contributed by atoms with Crippen molar-refractivity contribution in [3.8, 4) is 6.07 Å². The summed E-state index contributed by atoms with van der Waals surface area (Å²) in [6, 6.07) is 14.0. The molecule has 0 saturated heterocycles. The number of nitrogens with zero attached hydrogens (tertiary/aromatic N) is 3. The van der Waals surface area contributed by atoms with Gasteiger partial charge in [0, 0.05) is 18.8 Å². The van der Waals surface area contributed by atoms with Gasteiger partial charge in [-0.3, -0.25) is 4.79 Å². The monoisotopic (exact) mass is 323 g/mol. The van der Waals surface area contributed by atoms with Crippen LogP contribution in [0.25, 0.3) is 0 Å². The van der Waals surface area contributed by atoms with Crippen molar-refractivity contribution in [2.45, 2.75) is 24.9 Å². The lowest BCUT2D eigenvalue weighted by molar-refractivity contribution is -0.129. The quantitative estimate of drug-likeness (QED) is 0.815. The number of pyridine rings is 1. The second-order valence-corrected chi connectivity index (χ2v) is 6.50. The summed E-state index contributed by atoms with van der Waals surface area (Å²) < 4.78 is 0. The Labute approximate surface area is 140 Å². The van der Waals surface area contributed by atoms with Crippen LogP contribution >= 0.6 is 11.8 Å². The van der Waals surface area contributed by atoms with Crippen LogP contribution in [0.5, 0.6) is 0 Å². The van der Waals surface area contributed by atoms with E-state index in [9.17, 15) is 4.79 Å². The van der Waals surface area contributed by atoms with E-state index in [1.54, 1.807) is 6.07 Å². The highest BCUT2D eigenvalue weighted by Crippen LogP contribution is 2.23. The number of carbonyl (C=O) groups is 1. The van der Waals surface area contributed by atoms with Crippen molar-refractivity contribution in [1.82, 2.24) is 9.88 Å². The number of rotatable bonds is 3. The molecular formula is C18H17N3OS. The van der Waals surface area contributed by atoms with Gasteiger partial charge in [-0.25, -0.2) is 4.98 Å². The molecule has 3 rings (SSSR count). The second-order valence-electron chi connectivity index (χ2n) is 5.54. The highest BCUT2D eigenvalue weighted by Gasteiger charge is 2.20. The van der Waals surface area contributed by atoms with Crippen LogP contribution < -0.4 is 0 Å². The first-order valence-corrected chi connectivity index (χ1v) is 8.51. The number of carbonyl (C=O) groups excluding carboxylic acids is 1. The molecule has 116 valence electrons. The third kappa shape index (κ3) is 3.54. The van der Waals surface area contributed by atoms with Crippen molar-refractivity contribution in [3.05, 3.63) is 58.8 Å². The number of aryl methyl sites for hydroxylation is 1. The number of amides is 1. The number of nitriles is 1. The average Bonchev–Trinajstić information content (AvgIpc) is 2.59. The predicted molar refractivity (Wildman–Crippen MR) is 90.0 cm³/mol. The Morgan fingerprint density at radius 2 is 2.09 bits per heavy atom. The number of benzene rings is 1. The maximum atomic E-state index is 12.5. The molecule has 0 N–H and O–H groups in total. The molecule has 0 unspecified atom stereocenters. The molecule has 0 spiro atoms. The molecule has 2 aromatic rings. The summed E-state index contributed by atoms with van der Waals surface area (Å²) in [5.41, 5.74) is 3.93. The van der Waals surface area contributed by atoms with Gasteiger partial charge in [-0.05, 0) is 36.6 Å². The van der Waals surface area contributed by atoms with Gasteiger partial charge < -0.3 is 4.90 Å². The van der Waals surface area contributed by atoms with Crippen molar-refractivity contribution < 1.29 is 4.79 Å². The first kappa shape index (κ1) is 15.6. The summed E-state index contributed by atoms with van der Waals surface area (Å²) in [5.74, 6) is 0.407. The molecule has 23 heavy (non-hydrogen) atoms. The van der Waals surface area contributed by atoms with Crippen LogP contribution in [0.4, 0.5) is 0 Å². The Bertz CT molecular complexity index is 782. The fourth-order valence-electron chi connectivity index (χ4n) is 2.66. The number of aromatic nitrogens is 1. The first-order valence-electron chi connectivity index (χ1n) is 7.52. The van der Waals surface area contributed by atoms with Gasteiger partial charge in [-0.15, -0.1) is 0 Å². The van der Waals surface area contributed by atoms with Gasteiger partial charge >= 0.3 is 0 Å².